The number of unbranched alkanes of at least 4 members (excludes halogenated alkanes) is 1. The molecule has 2 fully saturated rings. The number of aromatic nitrogens is 1. The van der Waals surface area contributed by atoms with E-state index in [9.17, 15) is 0 Å². The molecule has 0 aliphatic carbocycles. The lowest BCUT2D eigenvalue weighted by molar-refractivity contribution is 0.158. The first-order valence-electron chi connectivity index (χ1n) is 11.2. The number of aliphatic imine (C=N–C) groups is 1. The Morgan fingerprint density at radius 3 is 2.71 bits per heavy atom. The van der Waals surface area contributed by atoms with E-state index in [0.717, 1.165) is 57.1 Å². The Hall–Kier alpha value is -1.82. The first-order valence-corrected chi connectivity index (χ1v) is 11.2. The van der Waals surface area contributed by atoms with Crippen LogP contribution in [0.5, 0.6) is 0 Å². The molecule has 1 atom stereocenters. The minimum absolute atomic E-state index is 0.768. The van der Waals surface area contributed by atoms with Crippen molar-refractivity contribution in [3.05, 3.63) is 24.4 Å². The molecule has 2 saturated heterocycles. The summed E-state index contributed by atoms with van der Waals surface area (Å²) in [5.41, 5.74) is 0. The molecule has 0 aromatic carbocycles. The number of rotatable bonds is 7. The summed E-state index contributed by atoms with van der Waals surface area (Å²) in [5, 5.41) is 3.49. The maximum absolute atomic E-state index is 4.92. The van der Waals surface area contributed by atoms with Gasteiger partial charge in [0, 0.05) is 51.5 Å². The van der Waals surface area contributed by atoms with Crippen molar-refractivity contribution in [1.29, 1.82) is 0 Å². The van der Waals surface area contributed by atoms with E-state index in [1.165, 1.54) is 45.2 Å². The molecule has 6 nitrogen and oxygen atoms in total. The maximum atomic E-state index is 4.92. The average Bonchev–Trinajstić information content (AvgIpc) is 2.75. The molecular weight excluding hydrogens is 348 g/mol. The molecule has 6 heteroatoms. The van der Waals surface area contributed by atoms with Gasteiger partial charge in [0.05, 0.1) is 0 Å². The van der Waals surface area contributed by atoms with Crippen molar-refractivity contribution < 1.29 is 0 Å². The number of guanidine groups is 1. The molecule has 28 heavy (non-hydrogen) atoms. The van der Waals surface area contributed by atoms with Crippen molar-refractivity contribution in [3.8, 4) is 0 Å². The second kappa shape index (κ2) is 11.2. The summed E-state index contributed by atoms with van der Waals surface area (Å²) in [6.07, 6.45) is 8.44. The fourth-order valence-corrected chi connectivity index (χ4v) is 4.22. The number of nitrogens with one attached hydrogen (secondary N) is 1. The highest BCUT2D eigenvalue weighted by molar-refractivity contribution is 5.80. The van der Waals surface area contributed by atoms with E-state index in [4.69, 9.17) is 4.99 Å². The molecule has 156 valence electrons. The van der Waals surface area contributed by atoms with Crippen LogP contribution in [-0.4, -0.2) is 79.1 Å². The zero-order chi connectivity index (χ0) is 19.6. The molecule has 0 saturated carbocycles. The SMILES string of the molecule is CCNC(=NCCCCN1CCCCC1C)N1CCN(c2ccccn2)CC1. The van der Waals surface area contributed by atoms with Crippen LogP contribution in [0.25, 0.3) is 0 Å². The second-order valence-electron chi connectivity index (χ2n) is 7.99. The first-order chi connectivity index (χ1) is 13.8. The van der Waals surface area contributed by atoms with E-state index in [0.29, 0.717) is 0 Å². The lowest BCUT2D eigenvalue weighted by Gasteiger charge is -2.37. The third-order valence-corrected chi connectivity index (χ3v) is 5.94. The van der Waals surface area contributed by atoms with Gasteiger partial charge in [0.1, 0.15) is 5.82 Å². The number of piperazine rings is 1. The van der Waals surface area contributed by atoms with E-state index in [2.05, 4.69) is 51.0 Å². The molecule has 3 rings (SSSR count). The fraction of sp³-hybridized carbons (Fsp3) is 0.727. The smallest absolute Gasteiger partial charge is 0.194 e. The normalized spacial score (nSPS) is 21.8. The predicted molar refractivity (Wildman–Crippen MR) is 118 cm³/mol. The molecule has 2 aliphatic heterocycles. The van der Waals surface area contributed by atoms with E-state index >= 15 is 0 Å². The maximum Gasteiger partial charge on any atom is 0.194 e. The number of anilines is 1. The van der Waals surface area contributed by atoms with Crippen molar-refractivity contribution in [2.75, 3.05) is 57.3 Å². The molecule has 3 heterocycles. The summed E-state index contributed by atoms with van der Waals surface area (Å²) in [4.78, 5) is 16.8. The molecule has 1 N–H and O–H groups in total. The van der Waals surface area contributed by atoms with E-state index in [1.807, 2.05) is 12.3 Å². The van der Waals surface area contributed by atoms with Crippen molar-refractivity contribution in [2.24, 2.45) is 4.99 Å². The summed E-state index contributed by atoms with van der Waals surface area (Å²) in [6.45, 7) is 12.9. The van der Waals surface area contributed by atoms with Gasteiger partial charge in [-0.3, -0.25) is 4.99 Å². The second-order valence-corrected chi connectivity index (χ2v) is 7.99. The standard InChI is InChI=1S/C22H38N6/c1-3-23-22(25-13-7-9-15-26-14-8-5-10-20(26)2)28-18-16-27(17-19-28)21-11-4-6-12-24-21/h4,6,11-12,20H,3,5,7-10,13-19H2,1-2H3,(H,23,25). The summed E-state index contributed by atoms with van der Waals surface area (Å²) in [7, 11) is 0. The van der Waals surface area contributed by atoms with Crippen LogP contribution in [0.2, 0.25) is 0 Å². The number of likely N-dealkylation sites (tertiary alicyclic amines) is 1. The van der Waals surface area contributed by atoms with Crippen molar-refractivity contribution in [3.63, 3.8) is 0 Å². The predicted octanol–water partition coefficient (Wildman–Crippen LogP) is 2.82. The van der Waals surface area contributed by atoms with Crippen LogP contribution in [0.15, 0.2) is 29.4 Å². The Balaban J connectivity index is 1.41. The molecule has 2 aliphatic rings. The Bertz CT molecular complexity index is 582. The summed E-state index contributed by atoms with van der Waals surface area (Å²) >= 11 is 0. The van der Waals surface area contributed by atoms with Crippen LogP contribution in [-0.2, 0) is 0 Å². The Labute approximate surface area is 171 Å². The van der Waals surface area contributed by atoms with Gasteiger partial charge in [-0.15, -0.1) is 0 Å². The van der Waals surface area contributed by atoms with Gasteiger partial charge in [-0.25, -0.2) is 4.98 Å². The van der Waals surface area contributed by atoms with Gasteiger partial charge in [-0.1, -0.05) is 12.5 Å². The summed E-state index contributed by atoms with van der Waals surface area (Å²) < 4.78 is 0. The Morgan fingerprint density at radius 1 is 1.14 bits per heavy atom. The minimum atomic E-state index is 0.768. The topological polar surface area (TPSA) is 47.0 Å². The molecule has 1 unspecified atom stereocenters. The van der Waals surface area contributed by atoms with Gasteiger partial charge in [-0.05, 0) is 64.8 Å². The highest BCUT2D eigenvalue weighted by Gasteiger charge is 2.20. The zero-order valence-electron chi connectivity index (χ0n) is 17.8. The zero-order valence-corrected chi connectivity index (χ0v) is 17.8. The Morgan fingerprint density at radius 2 is 2.00 bits per heavy atom. The molecule has 0 amide bonds. The molecule has 0 bridgehead atoms. The van der Waals surface area contributed by atoms with Crippen LogP contribution in [0.3, 0.4) is 0 Å². The van der Waals surface area contributed by atoms with Crippen LogP contribution in [0.4, 0.5) is 5.82 Å². The van der Waals surface area contributed by atoms with Gasteiger partial charge in [0.15, 0.2) is 5.96 Å². The number of nitrogens with zero attached hydrogens (tertiary/aromatic N) is 5. The average molecular weight is 387 g/mol. The number of piperidine rings is 1. The van der Waals surface area contributed by atoms with E-state index in [1.54, 1.807) is 0 Å². The quantitative estimate of drug-likeness (QED) is 0.444. The summed E-state index contributed by atoms with van der Waals surface area (Å²) in [6, 6.07) is 6.90. The van der Waals surface area contributed by atoms with Crippen molar-refractivity contribution in [1.82, 2.24) is 20.1 Å². The van der Waals surface area contributed by atoms with Crippen LogP contribution < -0.4 is 10.2 Å². The highest BCUT2D eigenvalue weighted by Crippen LogP contribution is 2.17. The minimum Gasteiger partial charge on any atom is -0.357 e. The molecule has 0 radical (unpaired) electrons. The van der Waals surface area contributed by atoms with Gasteiger partial charge >= 0.3 is 0 Å². The molecule has 0 spiro atoms. The molecular formula is C22H38N6. The van der Waals surface area contributed by atoms with Crippen molar-refractivity contribution in [2.45, 2.75) is 52.0 Å². The third kappa shape index (κ3) is 6.09. The number of hydrogen-bond acceptors (Lipinski definition) is 4. The Kier molecular flexibility index (Phi) is 8.40. The van der Waals surface area contributed by atoms with E-state index in [-0.39, 0.29) is 0 Å². The summed E-state index contributed by atoms with van der Waals surface area (Å²) in [5.74, 6) is 2.16. The van der Waals surface area contributed by atoms with E-state index < -0.39 is 0 Å². The lowest BCUT2D eigenvalue weighted by atomic mass is 10.0. The van der Waals surface area contributed by atoms with Crippen LogP contribution in [0.1, 0.15) is 46.0 Å². The molecule has 1 aromatic rings. The third-order valence-electron chi connectivity index (χ3n) is 5.94. The van der Waals surface area contributed by atoms with Crippen molar-refractivity contribution >= 4 is 11.8 Å². The van der Waals surface area contributed by atoms with Gasteiger partial charge in [0.2, 0.25) is 0 Å². The highest BCUT2D eigenvalue weighted by atomic mass is 15.4. The number of pyridine rings is 1. The monoisotopic (exact) mass is 386 g/mol. The van der Waals surface area contributed by atoms with Gasteiger partial charge in [-0.2, -0.15) is 0 Å². The fourth-order valence-electron chi connectivity index (χ4n) is 4.22. The van der Waals surface area contributed by atoms with Crippen LogP contribution >= 0.6 is 0 Å². The van der Waals surface area contributed by atoms with Gasteiger partial charge in [0.25, 0.3) is 0 Å². The lowest BCUT2D eigenvalue weighted by Crippen LogP contribution is -2.52. The first kappa shape index (κ1) is 20.9. The van der Waals surface area contributed by atoms with Crippen LogP contribution in [0, 0.1) is 0 Å². The number of hydrogen-bond donors (Lipinski definition) is 1. The van der Waals surface area contributed by atoms with Gasteiger partial charge < -0.3 is 20.0 Å². The molecule has 1 aromatic heterocycles. The largest absolute Gasteiger partial charge is 0.357 e.